The van der Waals surface area contributed by atoms with Crippen LogP contribution in [0.1, 0.15) is 24.8 Å². The predicted molar refractivity (Wildman–Crippen MR) is 60.4 cm³/mol. The van der Waals surface area contributed by atoms with Crippen LogP contribution in [-0.4, -0.2) is 34.1 Å². The molecule has 0 saturated heterocycles. The van der Waals surface area contributed by atoms with Gasteiger partial charge in [0, 0.05) is 31.4 Å². The first-order chi connectivity index (χ1) is 7.68. The Hall–Kier alpha value is -1.36. The van der Waals surface area contributed by atoms with Crippen molar-refractivity contribution in [1.29, 1.82) is 0 Å². The normalized spacial score (nSPS) is 24.6. The molecule has 2 unspecified atom stereocenters. The lowest BCUT2D eigenvalue weighted by Gasteiger charge is -2.22. The minimum Gasteiger partial charge on any atom is -0.341 e. The Morgan fingerprint density at radius 3 is 3.06 bits per heavy atom. The maximum atomic E-state index is 12.1. The molecule has 5 heteroatoms. The highest BCUT2D eigenvalue weighted by atomic mass is 16.2. The van der Waals surface area contributed by atoms with Gasteiger partial charge >= 0.3 is 0 Å². The highest BCUT2D eigenvalue weighted by Gasteiger charge is 2.32. The number of rotatable bonds is 3. The van der Waals surface area contributed by atoms with Gasteiger partial charge in [-0.05, 0) is 12.8 Å². The highest BCUT2D eigenvalue weighted by molar-refractivity contribution is 5.79. The zero-order chi connectivity index (χ0) is 11.5. The van der Waals surface area contributed by atoms with E-state index in [2.05, 4.69) is 10.2 Å². The highest BCUT2D eigenvalue weighted by Crippen LogP contribution is 2.25. The van der Waals surface area contributed by atoms with Crippen molar-refractivity contribution in [3.8, 4) is 0 Å². The molecule has 1 saturated carbocycles. The maximum Gasteiger partial charge on any atom is 0.227 e. The van der Waals surface area contributed by atoms with Gasteiger partial charge in [0.05, 0.1) is 12.1 Å². The molecule has 1 aromatic rings. The smallest absolute Gasteiger partial charge is 0.227 e. The minimum absolute atomic E-state index is 0.0110. The van der Waals surface area contributed by atoms with Gasteiger partial charge in [-0.25, -0.2) is 0 Å². The van der Waals surface area contributed by atoms with E-state index < -0.39 is 0 Å². The lowest BCUT2D eigenvalue weighted by Crippen LogP contribution is -2.39. The number of aromatic amines is 1. The first-order valence-corrected chi connectivity index (χ1v) is 5.66. The Balaban J connectivity index is 1.94. The average molecular weight is 222 g/mol. The Labute approximate surface area is 95.0 Å². The standard InChI is InChI=1S/C11H18N4O/c1-15(7-8-5-13-14-6-8)11(16)9-3-2-4-10(9)12/h5-6,9-10H,2-4,7,12H2,1H3,(H,13,14). The van der Waals surface area contributed by atoms with Crippen molar-refractivity contribution >= 4 is 5.91 Å². The first kappa shape index (κ1) is 11.1. The van der Waals surface area contributed by atoms with E-state index >= 15 is 0 Å². The van der Waals surface area contributed by atoms with Gasteiger partial charge in [-0.1, -0.05) is 6.42 Å². The van der Waals surface area contributed by atoms with E-state index in [1.165, 1.54) is 0 Å². The van der Waals surface area contributed by atoms with Gasteiger partial charge in [0.25, 0.3) is 0 Å². The number of aromatic nitrogens is 2. The number of nitrogens with one attached hydrogen (secondary N) is 1. The van der Waals surface area contributed by atoms with Crippen molar-refractivity contribution in [2.45, 2.75) is 31.8 Å². The number of H-pyrrole nitrogens is 1. The summed E-state index contributed by atoms with van der Waals surface area (Å²) in [6.45, 7) is 0.596. The summed E-state index contributed by atoms with van der Waals surface area (Å²) in [4.78, 5) is 13.8. The Morgan fingerprint density at radius 1 is 1.69 bits per heavy atom. The van der Waals surface area contributed by atoms with Crippen molar-refractivity contribution < 1.29 is 4.79 Å². The summed E-state index contributed by atoms with van der Waals surface area (Å²) < 4.78 is 0. The molecule has 1 fully saturated rings. The van der Waals surface area contributed by atoms with E-state index in [1.807, 2.05) is 7.05 Å². The van der Waals surface area contributed by atoms with E-state index in [0.29, 0.717) is 6.54 Å². The number of nitrogens with zero attached hydrogens (tertiary/aromatic N) is 2. The van der Waals surface area contributed by atoms with Gasteiger partial charge in [-0.15, -0.1) is 0 Å². The summed E-state index contributed by atoms with van der Waals surface area (Å²) in [5.41, 5.74) is 6.94. The molecule has 2 rings (SSSR count). The molecule has 1 aliphatic rings. The summed E-state index contributed by atoms with van der Waals surface area (Å²) in [6.07, 6.45) is 6.50. The van der Waals surface area contributed by atoms with E-state index in [9.17, 15) is 4.79 Å². The zero-order valence-corrected chi connectivity index (χ0v) is 9.52. The summed E-state index contributed by atoms with van der Waals surface area (Å²) in [6, 6.07) is 0.0410. The second-order valence-electron chi connectivity index (χ2n) is 4.50. The molecule has 1 aromatic heterocycles. The van der Waals surface area contributed by atoms with Gasteiger partial charge in [-0.2, -0.15) is 5.10 Å². The fourth-order valence-electron chi connectivity index (χ4n) is 2.29. The average Bonchev–Trinajstić information content (AvgIpc) is 2.88. The molecule has 5 nitrogen and oxygen atoms in total. The number of hydrogen-bond donors (Lipinski definition) is 2. The topological polar surface area (TPSA) is 75.0 Å². The third-order valence-corrected chi connectivity index (χ3v) is 3.24. The maximum absolute atomic E-state index is 12.1. The van der Waals surface area contributed by atoms with Crippen LogP contribution in [0.2, 0.25) is 0 Å². The van der Waals surface area contributed by atoms with Crippen molar-refractivity contribution in [3.63, 3.8) is 0 Å². The second kappa shape index (κ2) is 4.65. The van der Waals surface area contributed by atoms with Crippen LogP contribution < -0.4 is 5.73 Å². The molecule has 16 heavy (non-hydrogen) atoms. The van der Waals surface area contributed by atoms with Crippen LogP contribution in [0.25, 0.3) is 0 Å². The van der Waals surface area contributed by atoms with Gasteiger partial charge in [0.2, 0.25) is 5.91 Å². The molecule has 0 aromatic carbocycles. The predicted octanol–water partition coefficient (Wildman–Crippen LogP) is 0.495. The molecule has 1 amide bonds. The van der Waals surface area contributed by atoms with Crippen LogP contribution in [0.5, 0.6) is 0 Å². The van der Waals surface area contributed by atoms with Crippen LogP contribution in [0.3, 0.4) is 0 Å². The molecule has 3 N–H and O–H groups in total. The summed E-state index contributed by atoms with van der Waals surface area (Å²) >= 11 is 0. The van der Waals surface area contributed by atoms with Crippen molar-refractivity contribution in [1.82, 2.24) is 15.1 Å². The van der Waals surface area contributed by atoms with Crippen LogP contribution in [0.4, 0.5) is 0 Å². The molecule has 0 spiro atoms. The number of hydrogen-bond acceptors (Lipinski definition) is 3. The van der Waals surface area contributed by atoms with Crippen molar-refractivity contribution in [3.05, 3.63) is 18.0 Å². The van der Waals surface area contributed by atoms with Crippen LogP contribution in [0, 0.1) is 5.92 Å². The summed E-state index contributed by atoms with van der Waals surface area (Å²) in [7, 11) is 1.82. The van der Waals surface area contributed by atoms with Gasteiger partial charge in [0.1, 0.15) is 0 Å². The molecule has 88 valence electrons. The lowest BCUT2D eigenvalue weighted by molar-refractivity contribution is -0.134. The van der Waals surface area contributed by atoms with Crippen LogP contribution in [0.15, 0.2) is 12.4 Å². The van der Waals surface area contributed by atoms with Gasteiger partial charge in [0.15, 0.2) is 0 Å². The minimum atomic E-state index is 0.0110. The molecule has 1 aliphatic carbocycles. The Bertz CT molecular complexity index is 349. The Kier molecular flexibility index (Phi) is 3.24. The fourth-order valence-corrected chi connectivity index (χ4v) is 2.29. The summed E-state index contributed by atoms with van der Waals surface area (Å²) in [5.74, 6) is 0.170. The van der Waals surface area contributed by atoms with E-state index in [0.717, 1.165) is 24.8 Å². The largest absolute Gasteiger partial charge is 0.341 e. The molecular formula is C11H18N4O. The molecule has 2 atom stereocenters. The van der Waals surface area contributed by atoms with Gasteiger partial charge in [-0.3, -0.25) is 9.89 Å². The second-order valence-corrected chi connectivity index (χ2v) is 4.50. The van der Waals surface area contributed by atoms with Crippen LogP contribution >= 0.6 is 0 Å². The molecule has 0 aliphatic heterocycles. The zero-order valence-electron chi connectivity index (χ0n) is 9.52. The SMILES string of the molecule is CN(Cc1cn[nH]c1)C(=O)C1CCCC1N. The third kappa shape index (κ3) is 2.24. The molecule has 0 radical (unpaired) electrons. The van der Waals surface area contributed by atoms with E-state index in [4.69, 9.17) is 5.73 Å². The number of carbonyl (C=O) groups excluding carboxylic acids is 1. The number of amides is 1. The van der Waals surface area contributed by atoms with E-state index in [1.54, 1.807) is 17.3 Å². The first-order valence-electron chi connectivity index (χ1n) is 5.66. The van der Waals surface area contributed by atoms with Gasteiger partial charge < -0.3 is 10.6 Å². The van der Waals surface area contributed by atoms with Crippen LogP contribution in [-0.2, 0) is 11.3 Å². The molecule has 1 heterocycles. The quantitative estimate of drug-likeness (QED) is 0.781. The van der Waals surface area contributed by atoms with Crippen molar-refractivity contribution in [2.75, 3.05) is 7.05 Å². The molecular weight excluding hydrogens is 204 g/mol. The third-order valence-electron chi connectivity index (χ3n) is 3.24. The summed E-state index contributed by atoms with van der Waals surface area (Å²) in [5, 5.41) is 6.60. The van der Waals surface area contributed by atoms with E-state index in [-0.39, 0.29) is 17.9 Å². The monoisotopic (exact) mass is 222 g/mol. The van der Waals surface area contributed by atoms with Crippen molar-refractivity contribution in [2.24, 2.45) is 11.7 Å². The fraction of sp³-hybridized carbons (Fsp3) is 0.636. The number of nitrogens with two attached hydrogens (primary N) is 1. The number of carbonyl (C=O) groups is 1. The lowest BCUT2D eigenvalue weighted by atomic mass is 10.0. The Morgan fingerprint density at radius 2 is 2.50 bits per heavy atom. The molecule has 0 bridgehead atoms.